The Morgan fingerprint density at radius 3 is 2.00 bits per heavy atom. The zero-order valence-corrected chi connectivity index (χ0v) is 21.5. The van der Waals surface area contributed by atoms with Gasteiger partial charge in [-0.3, -0.25) is 9.59 Å². The van der Waals surface area contributed by atoms with E-state index in [1.807, 2.05) is 0 Å². The maximum absolute atomic E-state index is 14.4. The van der Waals surface area contributed by atoms with Crippen LogP contribution in [0.25, 0.3) is 5.69 Å². The van der Waals surface area contributed by atoms with Crippen LogP contribution in [0.5, 0.6) is 0 Å². The molecule has 204 valence electrons. The van der Waals surface area contributed by atoms with Gasteiger partial charge in [0.15, 0.2) is 5.69 Å². The number of hydrogen-bond donors (Lipinski definition) is 2. The molecular formula is C24H20BrF7N4O2. The van der Waals surface area contributed by atoms with Crippen molar-refractivity contribution < 1.29 is 40.3 Å². The summed E-state index contributed by atoms with van der Waals surface area (Å²) in [5.41, 5.74) is -7.88. The molecule has 0 saturated carbocycles. The summed E-state index contributed by atoms with van der Waals surface area (Å²) in [4.78, 5) is 26.0. The number of para-hydroxylation sites is 1. The van der Waals surface area contributed by atoms with Crippen LogP contribution in [0.15, 0.2) is 53.1 Å². The molecule has 2 amide bonds. The van der Waals surface area contributed by atoms with E-state index < -0.39 is 35.4 Å². The highest BCUT2D eigenvalue weighted by atomic mass is 79.9. The Balaban J connectivity index is 2.04. The molecule has 2 N–H and O–H groups in total. The number of halogens is 8. The Morgan fingerprint density at radius 1 is 0.921 bits per heavy atom. The lowest BCUT2D eigenvalue weighted by molar-refractivity contribution is -0.348. The minimum Gasteiger partial charge on any atom is -0.350 e. The molecule has 0 fully saturated rings. The SMILES string of the molecule is Cc1cc(C(F)(C(F)(F)F)C(F)(F)F)ccc1NC(=O)c1nn(-c2ccccc2)c(Br)c1C(=O)NC(C)C. The van der Waals surface area contributed by atoms with Gasteiger partial charge in [0.25, 0.3) is 11.8 Å². The largest absolute Gasteiger partial charge is 0.435 e. The predicted octanol–water partition coefficient (Wildman–Crippen LogP) is 6.62. The number of carbonyl (C=O) groups excluding carboxylic acids is 2. The number of anilines is 1. The van der Waals surface area contributed by atoms with Gasteiger partial charge in [-0.15, -0.1) is 0 Å². The fourth-order valence-electron chi connectivity index (χ4n) is 3.52. The van der Waals surface area contributed by atoms with Gasteiger partial charge >= 0.3 is 18.0 Å². The second kappa shape index (κ2) is 10.4. The fourth-order valence-corrected chi connectivity index (χ4v) is 4.17. The van der Waals surface area contributed by atoms with E-state index in [4.69, 9.17) is 0 Å². The molecule has 3 rings (SSSR count). The fraction of sp³-hybridized carbons (Fsp3) is 0.292. The number of rotatable bonds is 6. The Morgan fingerprint density at radius 2 is 1.50 bits per heavy atom. The van der Waals surface area contributed by atoms with Crippen molar-refractivity contribution in [1.29, 1.82) is 0 Å². The molecule has 3 aromatic rings. The number of hydrogen-bond acceptors (Lipinski definition) is 3. The molecule has 14 heteroatoms. The van der Waals surface area contributed by atoms with Crippen LogP contribution in [-0.2, 0) is 5.67 Å². The third kappa shape index (κ3) is 5.40. The first-order chi connectivity index (χ1) is 17.5. The second-order valence-electron chi connectivity index (χ2n) is 8.53. The van der Waals surface area contributed by atoms with Crippen LogP contribution in [0, 0.1) is 6.92 Å². The standard InChI is InChI=1S/C24H20BrF7N4O2/c1-12(2)33-20(37)17-18(35-36(19(17)25)15-7-5-4-6-8-15)21(38)34-16-10-9-14(11-13(16)3)22(26,23(27,28)29)24(30,31)32/h4-12H,1-3H3,(H,33,37)(H,34,38). The summed E-state index contributed by atoms with van der Waals surface area (Å²) >= 11 is 3.27. The minimum absolute atomic E-state index is 0.122. The lowest BCUT2D eigenvalue weighted by Gasteiger charge is -2.30. The number of nitrogens with one attached hydrogen (secondary N) is 2. The molecule has 0 aliphatic heterocycles. The Kier molecular flexibility index (Phi) is 7.97. The lowest BCUT2D eigenvalue weighted by Crippen LogP contribution is -2.50. The van der Waals surface area contributed by atoms with Crippen molar-refractivity contribution in [3.63, 3.8) is 0 Å². The number of benzene rings is 2. The number of carbonyl (C=O) groups is 2. The van der Waals surface area contributed by atoms with Gasteiger partial charge in [-0.25, -0.2) is 9.07 Å². The first-order valence-corrected chi connectivity index (χ1v) is 11.7. The van der Waals surface area contributed by atoms with Gasteiger partial charge in [0.2, 0.25) is 0 Å². The number of alkyl halides is 7. The van der Waals surface area contributed by atoms with Crippen molar-refractivity contribution in [2.45, 2.75) is 44.8 Å². The van der Waals surface area contributed by atoms with E-state index in [9.17, 15) is 40.3 Å². The third-order valence-corrected chi connectivity index (χ3v) is 6.08. The van der Waals surface area contributed by atoms with Crippen molar-refractivity contribution in [3.05, 3.63) is 75.5 Å². The predicted molar refractivity (Wildman–Crippen MR) is 128 cm³/mol. The van der Waals surface area contributed by atoms with E-state index >= 15 is 0 Å². The van der Waals surface area contributed by atoms with Crippen molar-refractivity contribution >= 4 is 33.4 Å². The van der Waals surface area contributed by atoms with Gasteiger partial charge in [-0.05, 0) is 60.5 Å². The number of aryl methyl sites for hydroxylation is 1. The maximum atomic E-state index is 14.4. The highest BCUT2D eigenvalue weighted by molar-refractivity contribution is 9.10. The van der Waals surface area contributed by atoms with Gasteiger partial charge in [0.05, 0.1) is 5.69 Å². The summed E-state index contributed by atoms with van der Waals surface area (Å²) in [6.45, 7) is 4.47. The number of amides is 2. The van der Waals surface area contributed by atoms with Crippen LogP contribution >= 0.6 is 15.9 Å². The highest BCUT2D eigenvalue weighted by Crippen LogP contribution is 2.53. The molecule has 38 heavy (non-hydrogen) atoms. The van der Waals surface area contributed by atoms with Crippen molar-refractivity contribution in [3.8, 4) is 5.69 Å². The average Bonchev–Trinajstić information content (AvgIpc) is 3.15. The van der Waals surface area contributed by atoms with Crippen LogP contribution in [0.2, 0.25) is 0 Å². The molecule has 1 heterocycles. The van der Waals surface area contributed by atoms with Crippen LogP contribution < -0.4 is 10.6 Å². The summed E-state index contributed by atoms with van der Waals surface area (Å²) in [5, 5.41) is 9.15. The molecule has 0 bridgehead atoms. The van der Waals surface area contributed by atoms with E-state index in [2.05, 4.69) is 31.7 Å². The topological polar surface area (TPSA) is 76.0 Å². The molecule has 0 radical (unpaired) electrons. The smallest absolute Gasteiger partial charge is 0.350 e. The molecule has 0 spiro atoms. The first-order valence-electron chi connectivity index (χ1n) is 10.9. The molecule has 0 unspecified atom stereocenters. The second-order valence-corrected chi connectivity index (χ2v) is 9.28. The summed E-state index contributed by atoms with van der Waals surface area (Å²) < 4.78 is 94.6. The van der Waals surface area contributed by atoms with E-state index in [-0.39, 0.29) is 39.2 Å². The quantitative estimate of drug-likeness (QED) is 0.309. The zero-order valence-electron chi connectivity index (χ0n) is 19.9. The van der Waals surface area contributed by atoms with Gasteiger partial charge in [0, 0.05) is 17.3 Å². The van der Waals surface area contributed by atoms with E-state index in [0.717, 1.165) is 6.92 Å². The van der Waals surface area contributed by atoms with Crippen molar-refractivity contribution in [2.75, 3.05) is 5.32 Å². The molecular weight excluding hydrogens is 589 g/mol. The average molecular weight is 609 g/mol. The summed E-state index contributed by atoms with van der Waals surface area (Å²) in [6.07, 6.45) is -12.6. The number of aromatic nitrogens is 2. The summed E-state index contributed by atoms with van der Waals surface area (Å²) in [5.74, 6) is -1.65. The number of nitrogens with zero attached hydrogens (tertiary/aromatic N) is 2. The molecule has 6 nitrogen and oxygen atoms in total. The van der Waals surface area contributed by atoms with Gasteiger partial charge < -0.3 is 10.6 Å². The minimum atomic E-state index is -6.28. The molecule has 0 saturated heterocycles. The van der Waals surface area contributed by atoms with E-state index in [1.54, 1.807) is 44.2 Å². The maximum Gasteiger partial charge on any atom is 0.435 e. The van der Waals surface area contributed by atoms with Crippen LogP contribution in [0.4, 0.5) is 36.4 Å². The Hall–Kier alpha value is -3.42. The van der Waals surface area contributed by atoms with E-state index in [1.165, 1.54) is 4.68 Å². The van der Waals surface area contributed by atoms with Crippen LogP contribution in [0.1, 0.15) is 45.8 Å². The van der Waals surface area contributed by atoms with Gasteiger partial charge in [0.1, 0.15) is 10.2 Å². The lowest BCUT2D eigenvalue weighted by atomic mass is 9.92. The van der Waals surface area contributed by atoms with Crippen LogP contribution in [0.3, 0.4) is 0 Å². The normalized spacial score (nSPS) is 12.5. The van der Waals surface area contributed by atoms with Crippen molar-refractivity contribution in [1.82, 2.24) is 15.1 Å². The van der Waals surface area contributed by atoms with Gasteiger partial charge in [-0.2, -0.15) is 31.4 Å². The van der Waals surface area contributed by atoms with Gasteiger partial charge in [-0.1, -0.05) is 30.3 Å². The summed E-state index contributed by atoms with van der Waals surface area (Å²) in [6, 6.07) is 9.44. The monoisotopic (exact) mass is 608 g/mol. The Labute approximate surface area is 220 Å². The molecule has 0 aliphatic rings. The van der Waals surface area contributed by atoms with Crippen LogP contribution in [-0.4, -0.2) is 40.0 Å². The zero-order chi connectivity index (χ0) is 28.6. The molecule has 0 aliphatic carbocycles. The molecule has 2 aromatic carbocycles. The molecule has 0 atom stereocenters. The highest BCUT2D eigenvalue weighted by Gasteiger charge is 2.73. The first kappa shape index (κ1) is 29.1. The molecule has 1 aromatic heterocycles. The Bertz CT molecular complexity index is 1340. The van der Waals surface area contributed by atoms with Crippen molar-refractivity contribution in [2.24, 2.45) is 0 Å². The summed E-state index contributed by atoms with van der Waals surface area (Å²) in [7, 11) is 0. The third-order valence-electron chi connectivity index (χ3n) is 5.35. The van der Waals surface area contributed by atoms with E-state index in [0.29, 0.717) is 17.8 Å².